The molecule has 1 amide bonds. The molecule has 2 aliphatic heterocycles. The molecule has 0 unspecified atom stereocenters. The summed E-state index contributed by atoms with van der Waals surface area (Å²) in [5, 5.41) is 23.5. The van der Waals surface area contributed by atoms with Gasteiger partial charge in [0.25, 0.3) is 5.91 Å². The molecule has 6 rings (SSSR count). The summed E-state index contributed by atoms with van der Waals surface area (Å²) >= 11 is 0. The molecule has 2 atom stereocenters. The number of H-pyrrole nitrogens is 1. The zero-order valence-corrected chi connectivity index (χ0v) is 22.9. The molecule has 0 spiro atoms. The van der Waals surface area contributed by atoms with E-state index in [2.05, 4.69) is 67.7 Å². The largest absolute Gasteiger partial charge is 0.353 e. The summed E-state index contributed by atoms with van der Waals surface area (Å²) in [6.45, 7) is 11.9. The Labute approximate surface area is 226 Å². The van der Waals surface area contributed by atoms with Crippen LogP contribution >= 0.6 is 0 Å². The number of fused-ring (bicyclic) bond motifs is 2. The zero-order chi connectivity index (χ0) is 27.3. The predicted molar refractivity (Wildman–Crippen MR) is 150 cm³/mol. The highest BCUT2D eigenvalue weighted by molar-refractivity contribution is 6.06. The molecule has 4 aromatic rings. The molecule has 1 saturated heterocycles. The maximum atomic E-state index is 13.3. The summed E-state index contributed by atoms with van der Waals surface area (Å²) in [5.41, 5.74) is 4.80. The number of benzene rings is 1. The van der Waals surface area contributed by atoms with E-state index in [9.17, 15) is 4.79 Å². The summed E-state index contributed by atoms with van der Waals surface area (Å²) in [5.74, 6) is 1.38. The van der Waals surface area contributed by atoms with Crippen LogP contribution in [0.3, 0.4) is 0 Å². The van der Waals surface area contributed by atoms with Crippen LogP contribution in [0.5, 0.6) is 0 Å². The van der Waals surface area contributed by atoms with E-state index in [0.29, 0.717) is 35.8 Å². The van der Waals surface area contributed by atoms with Crippen molar-refractivity contribution in [2.75, 3.05) is 41.8 Å². The van der Waals surface area contributed by atoms with Crippen LogP contribution in [0.25, 0.3) is 22.2 Å². The molecule has 12 heteroatoms. The SMILES string of the molecule is CCN1[C@H](C)CN(c2cc(-c3n[nH]c4ccc(NC(=O)C5=C(C)N(C)c6nnnn6C5)cc34)ccn2)C[C@@H]1C. The van der Waals surface area contributed by atoms with Crippen LogP contribution in [0, 0.1) is 0 Å². The maximum Gasteiger partial charge on any atom is 0.255 e. The van der Waals surface area contributed by atoms with Gasteiger partial charge in [-0.2, -0.15) is 5.10 Å². The molecule has 0 aliphatic carbocycles. The fourth-order valence-electron chi connectivity index (χ4n) is 5.82. The third-order valence-corrected chi connectivity index (χ3v) is 7.97. The number of aromatic amines is 1. The summed E-state index contributed by atoms with van der Waals surface area (Å²) < 4.78 is 1.62. The number of nitrogens with zero attached hydrogens (tertiary/aromatic N) is 9. The summed E-state index contributed by atoms with van der Waals surface area (Å²) in [6.07, 6.45) is 1.85. The lowest BCUT2D eigenvalue weighted by molar-refractivity contribution is -0.113. The van der Waals surface area contributed by atoms with Gasteiger partial charge < -0.3 is 15.1 Å². The van der Waals surface area contributed by atoms with E-state index >= 15 is 0 Å². The Kier molecular flexibility index (Phi) is 6.26. The van der Waals surface area contributed by atoms with Crippen molar-refractivity contribution < 1.29 is 4.79 Å². The molecule has 1 fully saturated rings. The summed E-state index contributed by atoms with van der Waals surface area (Å²) in [4.78, 5) is 24.7. The minimum Gasteiger partial charge on any atom is -0.353 e. The van der Waals surface area contributed by atoms with Crippen molar-refractivity contribution in [3.8, 4) is 11.3 Å². The number of piperazine rings is 1. The average Bonchev–Trinajstić information content (AvgIpc) is 3.57. The second kappa shape index (κ2) is 9.77. The number of allylic oxidation sites excluding steroid dienone is 1. The number of tetrazole rings is 1. The van der Waals surface area contributed by atoms with Crippen molar-refractivity contribution in [1.29, 1.82) is 0 Å². The number of hydrogen-bond donors (Lipinski definition) is 2. The molecule has 5 heterocycles. The number of carbonyl (C=O) groups excluding carboxylic acids is 1. The minimum atomic E-state index is -0.189. The number of rotatable bonds is 5. The Balaban J connectivity index is 1.26. The van der Waals surface area contributed by atoms with Gasteiger partial charge >= 0.3 is 0 Å². The van der Waals surface area contributed by atoms with Crippen LogP contribution in [0.2, 0.25) is 0 Å². The van der Waals surface area contributed by atoms with Gasteiger partial charge in [0.2, 0.25) is 5.95 Å². The second-order valence-corrected chi connectivity index (χ2v) is 10.4. The van der Waals surface area contributed by atoms with Crippen LogP contribution in [0.1, 0.15) is 27.7 Å². The first-order valence-corrected chi connectivity index (χ1v) is 13.3. The number of aromatic nitrogens is 7. The van der Waals surface area contributed by atoms with Gasteiger partial charge in [0.1, 0.15) is 11.5 Å². The van der Waals surface area contributed by atoms with E-state index in [1.807, 2.05) is 49.3 Å². The second-order valence-electron chi connectivity index (χ2n) is 10.4. The minimum absolute atomic E-state index is 0.189. The molecule has 3 aromatic heterocycles. The van der Waals surface area contributed by atoms with E-state index in [0.717, 1.165) is 53.3 Å². The smallest absolute Gasteiger partial charge is 0.255 e. The van der Waals surface area contributed by atoms with Gasteiger partial charge in [0.05, 0.1) is 17.6 Å². The Morgan fingerprint density at radius 3 is 2.72 bits per heavy atom. The lowest BCUT2D eigenvalue weighted by Crippen LogP contribution is -2.56. The van der Waals surface area contributed by atoms with Crippen molar-refractivity contribution in [2.45, 2.75) is 46.3 Å². The number of amides is 1. The third-order valence-electron chi connectivity index (χ3n) is 7.97. The lowest BCUT2D eigenvalue weighted by Gasteiger charge is -2.44. The Bertz CT molecular complexity index is 1560. The number of pyridine rings is 1. The normalized spacial score (nSPS) is 20.0. The van der Waals surface area contributed by atoms with E-state index in [4.69, 9.17) is 4.98 Å². The first kappa shape index (κ1) is 25.0. The van der Waals surface area contributed by atoms with E-state index in [1.165, 1.54) is 0 Å². The summed E-state index contributed by atoms with van der Waals surface area (Å²) in [6, 6.07) is 10.8. The molecule has 0 saturated carbocycles. The zero-order valence-electron chi connectivity index (χ0n) is 22.9. The van der Waals surface area contributed by atoms with Crippen molar-refractivity contribution in [1.82, 2.24) is 40.3 Å². The predicted octanol–water partition coefficient (Wildman–Crippen LogP) is 2.89. The molecule has 2 aliphatic rings. The Hall–Kier alpha value is -4.32. The van der Waals surface area contributed by atoms with E-state index in [-0.39, 0.29) is 5.91 Å². The number of anilines is 3. The first-order chi connectivity index (χ1) is 18.8. The molecular formula is C27H33N11O. The maximum absolute atomic E-state index is 13.3. The van der Waals surface area contributed by atoms with Crippen LogP contribution in [0.4, 0.5) is 17.5 Å². The fourth-order valence-corrected chi connectivity index (χ4v) is 5.82. The number of nitrogens with one attached hydrogen (secondary N) is 2. The van der Waals surface area contributed by atoms with Gasteiger partial charge in [-0.25, -0.2) is 9.67 Å². The standard InChI is InChI=1S/C27H33N11O/c1-6-37-16(2)13-36(14-17(37)3)24-11-19(9-10-28-24)25-21-12-20(7-8-23(21)30-31-25)29-26(39)22-15-38-27(32-33-34-38)35(5)18(22)4/h7-12,16-17H,6,13-15H2,1-5H3,(H,29,39)(H,30,31)/t16-,17+. The molecular weight excluding hydrogens is 494 g/mol. The van der Waals surface area contributed by atoms with Gasteiger partial charge in [0, 0.05) is 60.8 Å². The van der Waals surface area contributed by atoms with Gasteiger partial charge in [-0.3, -0.25) is 14.8 Å². The quantitative estimate of drug-likeness (QED) is 0.403. The van der Waals surface area contributed by atoms with Gasteiger partial charge in [-0.05, 0) is 68.1 Å². The molecule has 0 radical (unpaired) electrons. The van der Waals surface area contributed by atoms with Gasteiger partial charge in [-0.15, -0.1) is 0 Å². The molecule has 39 heavy (non-hydrogen) atoms. The van der Waals surface area contributed by atoms with Crippen molar-refractivity contribution in [2.24, 2.45) is 0 Å². The van der Waals surface area contributed by atoms with Gasteiger partial charge in [0.15, 0.2) is 0 Å². The van der Waals surface area contributed by atoms with Crippen molar-refractivity contribution in [3.63, 3.8) is 0 Å². The first-order valence-electron chi connectivity index (χ1n) is 13.3. The number of hydrogen-bond acceptors (Lipinski definition) is 9. The third kappa shape index (κ3) is 4.40. The number of carbonyl (C=O) groups is 1. The topological polar surface area (TPSA) is 124 Å². The average molecular weight is 528 g/mol. The molecule has 0 bridgehead atoms. The van der Waals surface area contributed by atoms with E-state index < -0.39 is 0 Å². The van der Waals surface area contributed by atoms with Crippen molar-refractivity contribution in [3.05, 3.63) is 47.8 Å². The lowest BCUT2D eigenvalue weighted by atomic mass is 10.1. The molecule has 1 aromatic carbocycles. The molecule has 12 nitrogen and oxygen atoms in total. The van der Waals surface area contributed by atoms with Crippen LogP contribution < -0.4 is 15.1 Å². The number of likely N-dealkylation sites (N-methyl/N-ethyl adjacent to an activating group) is 1. The highest BCUT2D eigenvalue weighted by Gasteiger charge is 2.29. The van der Waals surface area contributed by atoms with E-state index in [1.54, 1.807) is 4.68 Å². The van der Waals surface area contributed by atoms with Crippen LogP contribution in [-0.4, -0.2) is 85.0 Å². The van der Waals surface area contributed by atoms with Gasteiger partial charge in [-0.1, -0.05) is 12.0 Å². The Morgan fingerprint density at radius 2 is 1.95 bits per heavy atom. The molecule has 202 valence electrons. The van der Waals surface area contributed by atoms with Crippen molar-refractivity contribution >= 4 is 34.3 Å². The van der Waals surface area contributed by atoms with Crippen LogP contribution in [-0.2, 0) is 11.3 Å². The fraction of sp³-hybridized carbons (Fsp3) is 0.407. The summed E-state index contributed by atoms with van der Waals surface area (Å²) in [7, 11) is 1.85. The highest BCUT2D eigenvalue weighted by Crippen LogP contribution is 2.31. The molecule has 2 N–H and O–H groups in total. The highest BCUT2D eigenvalue weighted by atomic mass is 16.1. The van der Waals surface area contributed by atoms with Crippen LogP contribution in [0.15, 0.2) is 47.8 Å². The Morgan fingerprint density at radius 1 is 1.15 bits per heavy atom. The monoisotopic (exact) mass is 527 g/mol.